The van der Waals surface area contributed by atoms with Crippen molar-refractivity contribution >= 4 is 5.91 Å². The van der Waals surface area contributed by atoms with Gasteiger partial charge in [-0.2, -0.15) is 4.98 Å². The minimum atomic E-state index is -0.498. The van der Waals surface area contributed by atoms with Crippen molar-refractivity contribution in [1.82, 2.24) is 15.6 Å². The molecule has 1 aromatic heterocycles. The Balaban J connectivity index is 2.36. The molecule has 0 radical (unpaired) electrons. The van der Waals surface area contributed by atoms with Crippen molar-refractivity contribution in [3.63, 3.8) is 0 Å². The van der Waals surface area contributed by atoms with Crippen LogP contribution in [0.15, 0.2) is 4.52 Å². The molecule has 1 aromatic rings. The molecule has 0 aliphatic carbocycles. The van der Waals surface area contributed by atoms with Crippen molar-refractivity contribution in [3.8, 4) is 0 Å². The number of hydrogen-bond acceptors (Lipinski definition) is 5. The van der Waals surface area contributed by atoms with Crippen LogP contribution in [0.5, 0.6) is 0 Å². The van der Waals surface area contributed by atoms with Gasteiger partial charge in [-0.3, -0.25) is 9.63 Å². The van der Waals surface area contributed by atoms with Crippen molar-refractivity contribution in [3.05, 3.63) is 11.7 Å². The van der Waals surface area contributed by atoms with Crippen molar-refractivity contribution in [1.29, 1.82) is 0 Å². The van der Waals surface area contributed by atoms with E-state index in [1.807, 2.05) is 13.8 Å². The van der Waals surface area contributed by atoms with Gasteiger partial charge < -0.3 is 4.52 Å². The average molecular weight is 199 g/mol. The van der Waals surface area contributed by atoms with Gasteiger partial charge in [0.2, 0.25) is 5.89 Å². The third-order valence-electron chi connectivity index (χ3n) is 1.31. The molecule has 0 saturated carbocycles. The lowest BCUT2D eigenvalue weighted by atomic mass is 10.2. The van der Waals surface area contributed by atoms with Crippen LogP contribution in [-0.4, -0.2) is 22.7 Å². The molecule has 0 aliphatic heterocycles. The first-order chi connectivity index (χ1) is 6.59. The zero-order chi connectivity index (χ0) is 10.6. The number of nitrogens with zero attached hydrogens (tertiary/aromatic N) is 2. The highest BCUT2D eigenvalue weighted by Crippen LogP contribution is 1.95. The molecule has 0 fully saturated rings. The summed E-state index contributed by atoms with van der Waals surface area (Å²) in [5.41, 5.74) is 2.22. The lowest BCUT2D eigenvalue weighted by Crippen LogP contribution is -2.26. The van der Waals surface area contributed by atoms with E-state index in [0.29, 0.717) is 18.4 Å². The van der Waals surface area contributed by atoms with E-state index in [-0.39, 0.29) is 5.82 Å². The zero-order valence-corrected chi connectivity index (χ0v) is 8.40. The minimum absolute atomic E-state index is 0.0220. The Morgan fingerprint density at radius 3 is 2.86 bits per heavy atom. The normalized spacial score (nSPS) is 10.6. The maximum absolute atomic E-state index is 11.2. The van der Waals surface area contributed by atoms with Crippen LogP contribution in [0.2, 0.25) is 0 Å². The third kappa shape index (κ3) is 3.14. The van der Waals surface area contributed by atoms with Gasteiger partial charge in [-0.1, -0.05) is 19.0 Å². The van der Waals surface area contributed by atoms with Crippen molar-refractivity contribution < 1.29 is 14.2 Å². The van der Waals surface area contributed by atoms with Crippen molar-refractivity contribution in [2.75, 3.05) is 6.61 Å². The van der Waals surface area contributed by atoms with Gasteiger partial charge in [0.15, 0.2) is 0 Å². The molecule has 1 heterocycles. The van der Waals surface area contributed by atoms with E-state index in [1.54, 1.807) is 6.92 Å². The Morgan fingerprint density at radius 1 is 1.64 bits per heavy atom. The molecular weight excluding hydrogens is 186 g/mol. The maximum atomic E-state index is 11.2. The van der Waals surface area contributed by atoms with Crippen LogP contribution in [0.4, 0.5) is 0 Å². The van der Waals surface area contributed by atoms with Gasteiger partial charge in [0, 0.05) is 6.92 Å². The molecular formula is C8H13N3O3. The number of carbonyl (C=O) groups is 1. The fourth-order valence-corrected chi connectivity index (χ4v) is 0.711. The molecule has 0 atom stereocenters. The van der Waals surface area contributed by atoms with Gasteiger partial charge in [-0.25, -0.2) is 5.48 Å². The Hall–Kier alpha value is -1.43. The number of hydroxylamine groups is 1. The van der Waals surface area contributed by atoms with Gasteiger partial charge in [0.25, 0.3) is 5.82 Å². The average Bonchev–Trinajstić information content (AvgIpc) is 2.51. The van der Waals surface area contributed by atoms with Crippen LogP contribution in [-0.2, 0) is 4.84 Å². The second-order valence-corrected chi connectivity index (χ2v) is 3.27. The third-order valence-corrected chi connectivity index (χ3v) is 1.31. The lowest BCUT2D eigenvalue weighted by Gasteiger charge is -2.05. The first-order valence-electron chi connectivity index (χ1n) is 4.32. The summed E-state index contributed by atoms with van der Waals surface area (Å²) >= 11 is 0. The minimum Gasteiger partial charge on any atom is -0.339 e. The monoisotopic (exact) mass is 199 g/mol. The molecule has 0 saturated heterocycles. The van der Waals surface area contributed by atoms with E-state index < -0.39 is 5.91 Å². The summed E-state index contributed by atoms with van der Waals surface area (Å²) in [5.74, 6) is 0.176. The highest BCUT2D eigenvalue weighted by molar-refractivity contribution is 5.89. The molecule has 78 valence electrons. The summed E-state index contributed by atoms with van der Waals surface area (Å²) in [6, 6.07) is 0. The Morgan fingerprint density at radius 2 is 2.36 bits per heavy atom. The Bertz CT molecular complexity index is 309. The summed E-state index contributed by atoms with van der Waals surface area (Å²) in [5, 5.41) is 3.44. The van der Waals surface area contributed by atoms with Gasteiger partial charge in [0.1, 0.15) is 0 Å². The zero-order valence-electron chi connectivity index (χ0n) is 8.40. The summed E-state index contributed by atoms with van der Waals surface area (Å²) < 4.78 is 4.64. The van der Waals surface area contributed by atoms with E-state index >= 15 is 0 Å². The van der Waals surface area contributed by atoms with E-state index in [2.05, 4.69) is 20.1 Å². The summed E-state index contributed by atoms with van der Waals surface area (Å²) in [4.78, 5) is 19.9. The van der Waals surface area contributed by atoms with Gasteiger partial charge in [0.05, 0.1) is 6.61 Å². The van der Waals surface area contributed by atoms with Gasteiger partial charge >= 0.3 is 5.91 Å². The van der Waals surface area contributed by atoms with E-state index in [9.17, 15) is 4.79 Å². The molecule has 0 aliphatic rings. The second kappa shape index (κ2) is 4.71. The first kappa shape index (κ1) is 10.6. The number of rotatable bonds is 4. The van der Waals surface area contributed by atoms with Gasteiger partial charge in [-0.15, -0.1) is 0 Å². The fourth-order valence-electron chi connectivity index (χ4n) is 0.711. The number of aryl methyl sites for hydroxylation is 1. The number of aromatic nitrogens is 2. The quantitative estimate of drug-likeness (QED) is 0.722. The standard InChI is InChI=1S/C8H13N3O3/c1-5(2)4-13-11-8(12)7-9-6(3)14-10-7/h5H,4H2,1-3H3,(H,11,12). The molecule has 6 heteroatoms. The SMILES string of the molecule is Cc1nc(C(=O)NOCC(C)C)no1. The molecule has 6 nitrogen and oxygen atoms in total. The predicted octanol–water partition coefficient (Wildman–Crippen LogP) is 0.695. The van der Waals surface area contributed by atoms with E-state index in [0.717, 1.165) is 0 Å². The van der Waals surface area contributed by atoms with Crippen LogP contribution in [0.3, 0.4) is 0 Å². The largest absolute Gasteiger partial charge is 0.339 e. The van der Waals surface area contributed by atoms with Crippen LogP contribution in [0.25, 0.3) is 0 Å². The molecule has 1 N–H and O–H groups in total. The van der Waals surface area contributed by atoms with Gasteiger partial charge in [-0.05, 0) is 5.92 Å². The van der Waals surface area contributed by atoms with Crippen molar-refractivity contribution in [2.45, 2.75) is 20.8 Å². The topological polar surface area (TPSA) is 77.2 Å². The molecule has 0 bridgehead atoms. The molecule has 0 spiro atoms. The van der Waals surface area contributed by atoms with E-state index in [1.165, 1.54) is 0 Å². The second-order valence-electron chi connectivity index (χ2n) is 3.27. The lowest BCUT2D eigenvalue weighted by molar-refractivity contribution is 0.0198. The predicted molar refractivity (Wildman–Crippen MR) is 47.3 cm³/mol. The van der Waals surface area contributed by atoms with Crippen LogP contribution < -0.4 is 5.48 Å². The summed E-state index contributed by atoms with van der Waals surface area (Å²) in [7, 11) is 0. The number of carbonyl (C=O) groups excluding carboxylic acids is 1. The molecule has 0 aromatic carbocycles. The van der Waals surface area contributed by atoms with E-state index in [4.69, 9.17) is 4.84 Å². The summed E-state index contributed by atoms with van der Waals surface area (Å²) in [6.45, 7) is 6.01. The van der Waals surface area contributed by atoms with Crippen LogP contribution in [0, 0.1) is 12.8 Å². The summed E-state index contributed by atoms with van der Waals surface area (Å²) in [6.07, 6.45) is 0. The molecule has 14 heavy (non-hydrogen) atoms. The first-order valence-corrected chi connectivity index (χ1v) is 4.32. The fraction of sp³-hybridized carbons (Fsp3) is 0.625. The highest BCUT2D eigenvalue weighted by atomic mass is 16.7. The number of nitrogens with one attached hydrogen (secondary N) is 1. The van der Waals surface area contributed by atoms with Crippen LogP contribution >= 0.6 is 0 Å². The van der Waals surface area contributed by atoms with Crippen LogP contribution in [0.1, 0.15) is 30.4 Å². The Kier molecular flexibility index (Phi) is 3.58. The number of amides is 1. The Labute approximate surface area is 81.6 Å². The molecule has 1 amide bonds. The highest BCUT2D eigenvalue weighted by Gasteiger charge is 2.12. The number of hydrogen-bond donors (Lipinski definition) is 1. The maximum Gasteiger partial charge on any atom is 0.316 e. The van der Waals surface area contributed by atoms with Crippen molar-refractivity contribution in [2.24, 2.45) is 5.92 Å². The molecule has 1 rings (SSSR count). The smallest absolute Gasteiger partial charge is 0.316 e. The molecule has 0 unspecified atom stereocenters.